The molecule has 0 rings (SSSR count). The molecule has 0 amide bonds. The zero-order chi connectivity index (χ0) is 76.2. The summed E-state index contributed by atoms with van der Waals surface area (Å²) in [5.41, 5.74) is 0. The summed E-state index contributed by atoms with van der Waals surface area (Å²) in [5.74, 6) is -1.28. The molecule has 0 saturated heterocycles. The summed E-state index contributed by atoms with van der Waals surface area (Å²) in [6.07, 6.45) is 70.8. The minimum atomic E-state index is -4.96. The third kappa shape index (κ3) is 78.2. The highest BCUT2D eigenvalue weighted by atomic mass is 31.2. The van der Waals surface area contributed by atoms with E-state index in [1.807, 2.05) is 0 Å². The molecule has 2 unspecified atom stereocenters. The molecule has 0 heterocycles. The van der Waals surface area contributed by atoms with Crippen LogP contribution in [0.25, 0.3) is 0 Å². The van der Waals surface area contributed by atoms with Crippen LogP contribution in [0.3, 0.4) is 0 Å². The first-order valence-electron chi connectivity index (χ1n) is 44.1. The summed E-state index contributed by atoms with van der Waals surface area (Å²) in [4.78, 5) is 73.1. The number of phosphoric acid groups is 2. The molecule has 0 saturated carbocycles. The molecule has 3 N–H and O–H groups in total. The van der Waals surface area contributed by atoms with Crippen LogP contribution in [0.15, 0.2) is 0 Å². The maximum atomic E-state index is 13.1. The molecule has 0 aliphatic rings. The van der Waals surface area contributed by atoms with Crippen molar-refractivity contribution in [2.75, 3.05) is 39.6 Å². The van der Waals surface area contributed by atoms with Gasteiger partial charge < -0.3 is 33.8 Å². The molecule has 0 bridgehead atoms. The SMILES string of the molecule is CCCCCCCCCCCCCCCCCCCC(=O)OC[C@H](COP(=O)(O)OC[C@@H](O)COP(=O)(O)OC[C@@H](COC(=O)CCCCCCCCCCC)OC(=O)CCCCCCCCCCCCCCCCCCC)OC(=O)CCCCCCCCCCCCCCCCCCCCC(C)C. The molecule has 5 atom stereocenters. The van der Waals surface area contributed by atoms with E-state index in [2.05, 4.69) is 34.6 Å². The van der Waals surface area contributed by atoms with Crippen molar-refractivity contribution in [2.24, 2.45) is 5.92 Å². The Kier molecular flexibility index (Phi) is 76.3. The number of hydrogen-bond donors (Lipinski definition) is 3. The molecule has 0 aliphatic carbocycles. The van der Waals surface area contributed by atoms with E-state index < -0.39 is 97.5 Å². The molecule has 0 aliphatic heterocycles. The zero-order valence-corrected chi connectivity index (χ0v) is 70.0. The van der Waals surface area contributed by atoms with E-state index in [0.29, 0.717) is 25.7 Å². The first kappa shape index (κ1) is 102. The number of hydrogen-bond acceptors (Lipinski definition) is 15. The van der Waals surface area contributed by atoms with E-state index in [4.69, 9.17) is 37.0 Å². The fourth-order valence-electron chi connectivity index (χ4n) is 13.3. The highest BCUT2D eigenvalue weighted by Crippen LogP contribution is 2.45. The molecule has 0 aromatic rings. The van der Waals surface area contributed by atoms with Crippen LogP contribution in [0.1, 0.15) is 458 Å². The summed E-state index contributed by atoms with van der Waals surface area (Å²) in [5, 5.41) is 10.7. The lowest BCUT2D eigenvalue weighted by molar-refractivity contribution is -0.161. The van der Waals surface area contributed by atoms with Gasteiger partial charge in [0.1, 0.15) is 19.3 Å². The van der Waals surface area contributed by atoms with Gasteiger partial charge in [0.05, 0.1) is 26.4 Å². The van der Waals surface area contributed by atoms with Gasteiger partial charge in [0.2, 0.25) is 0 Å². The van der Waals surface area contributed by atoms with Crippen LogP contribution in [0.2, 0.25) is 0 Å². The summed E-state index contributed by atoms with van der Waals surface area (Å²) >= 11 is 0. The van der Waals surface area contributed by atoms with Crippen LogP contribution in [0.5, 0.6) is 0 Å². The zero-order valence-electron chi connectivity index (χ0n) is 68.2. The maximum absolute atomic E-state index is 13.1. The number of unbranched alkanes of at least 4 members (excludes halogenated alkanes) is 57. The van der Waals surface area contributed by atoms with Gasteiger partial charge in [0, 0.05) is 25.7 Å². The molecule has 19 heteroatoms. The van der Waals surface area contributed by atoms with E-state index >= 15 is 0 Å². The highest BCUT2D eigenvalue weighted by Gasteiger charge is 2.30. The van der Waals surface area contributed by atoms with Crippen LogP contribution < -0.4 is 0 Å². The molecule has 618 valence electrons. The topological polar surface area (TPSA) is 237 Å². The van der Waals surface area contributed by atoms with Crippen LogP contribution in [-0.2, 0) is 65.4 Å². The van der Waals surface area contributed by atoms with Crippen molar-refractivity contribution in [3.63, 3.8) is 0 Å². The standard InChI is InChI=1S/C85H166O17P2/c1-6-9-12-15-18-21-23-25-27-31-36-40-44-49-54-59-64-69-83(88)96-75-81(102-85(90)71-66-61-56-51-46-42-38-34-30-29-33-35-39-43-48-52-57-62-67-78(4)5)77-100-104(93,94)98-73-79(86)72-97-103(91,92)99-76-80(74-95-82(87)68-63-58-53-47-20-17-14-11-8-3)101-84(89)70-65-60-55-50-45-41-37-32-28-26-24-22-19-16-13-10-7-2/h78-81,86H,6-77H2,1-5H3,(H,91,92)(H,93,94)/t79-,80+,81+/m0/s1. The van der Waals surface area contributed by atoms with E-state index in [-0.39, 0.29) is 25.7 Å². The fourth-order valence-corrected chi connectivity index (χ4v) is 14.9. The Morgan fingerprint density at radius 3 is 0.654 bits per heavy atom. The van der Waals surface area contributed by atoms with Crippen molar-refractivity contribution in [1.29, 1.82) is 0 Å². The number of ether oxygens (including phenoxy) is 4. The largest absolute Gasteiger partial charge is 0.472 e. The van der Waals surface area contributed by atoms with E-state index in [0.717, 1.165) is 95.8 Å². The molecular weight excluding hydrogens is 1350 g/mol. The minimum Gasteiger partial charge on any atom is -0.462 e. The smallest absolute Gasteiger partial charge is 0.462 e. The quantitative estimate of drug-likeness (QED) is 0.0222. The average Bonchev–Trinajstić information content (AvgIpc) is 0.925. The monoisotopic (exact) mass is 1520 g/mol. The first-order chi connectivity index (χ1) is 50.5. The second kappa shape index (κ2) is 77.8. The van der Waals surface area contributed by atoms with E-state index in [9.17, 15) is 43.2 Å². The van der Waals surface area contributed by atoms with Gasteiger partial charge in [-0.25, -0.2) is 9.13 Å². The number of carbonyl (C=O) groups is 4. The molecule has 0 aromatic carbocycles. The number of phosphoric ester groups is 2. The number of rotatable bonds is 85. The number of carbonyl (C=O) groups excluding carboxylic acids is 4. The van der Waals surface area contributed by atoms with E-state index in [1.165, 1.54) is 283 Å². The van der Waals surface area contributed by atoms with Crippen molar-refractivity contribution < 1.29 is 80.2 Å². The predicted octanol–water partition coefficient (Wildman–Crippen LogP) is 26.0. The lowest BCUT2D eigenvalue weighted by Gasteiger charge is -2.21. The number of aliphatic hydroxyl groups excluding tert-OH is 1. The molecule has 0 radical (unpaired) electrons. The third-order valence-electron chi connectivity index (χ3n) is 20.0. The number of aliphatic hydroxyl groups is 1. The normalized spacial score (nSPS) is 13.8. The van der Waals surface area contributed by atoms with Crippen molar-refractivity contribution in [3.05, 3.63) is 0 Å². The van der Waals surface area contributed by atoms with Crippen LogP contribution in [0.4, 0.5) is 0 Å². The summed E-state index contributed by atoms with van der Waals surface area (Å²) in [6, 6.07) is 0. The van der Waals surface area contributed by atoms with Crippen LogP contribution in [0, 0.1) is 5.92 Å². The van der Waals surface area contributed by atoms with Gasteiger partial charge >= 0.3 is 39.5 Å². The van der Waals surface area contributed by atoms with E-state index in [1.54, 1.807) is 0 Å². The van der Waals surface area contributed by atoms with Crippen LogP contribution >= 0.6 is 15.6 Å². The molecule has 0 aromatic heterocycles. The fraction of sp³-hybridized carbons (Fsp3) is 0.953. The molecular formula is C85H166O17P2. The van der Waals surface area contributed by atoms with Gasteiger partial charge in [-0.15, -0.1) is 0 Å². The maximum Gasteiger partial charge on any atom is 0.472 e. The van der Waals surface area contributed by atoms with Gasteiger partial charge in [-0.05, 0) is 31.6 Å². The summed E-state index contributed by atoms with van der Waals surface area (Å²) in [6.45, 7) is 7.38. The lowest BCUT2D eigenvalue weighted by atomic mass is 10.0. The summed E-state index contributed by atoms with van der Waals surface area (Å²) < 4.78 is 68.8. The van der Waals surface area contributed by atoms with Crippen molar-refractivity contribution in [1.82, 2.24) is 0 Å². The predicted molar refractivity (Wildman–Crippen MR) is 428 cm³/mol. The van der Waals surface area contributed by atoms with Gasteiger partial charge in [-0.3, -0.25) is 37.3 Å². The Hall–Kier alpha value is -1.94. The Morgan fingerprint density at radius 2 is 0.442 bits per heavy atom. The van der Waals surface area contributed by atoms with Gasteiger partial charge in [0.25, 0.3) is 0 Å². The Morgan fingerprint density at radius 1 is 0.260 bits per heavy atom. The van der Waals surface area contributed by atoms with Crippen molar-refractivity contribution in [2.45, 2.75) is 477 Å². The highest BCUT2D eigenvalue weighted by molar-refractivity contribution is 7.47. The Bertz CT molecular complexity index is 1980. The Balaban J connectivity index is 5.20. The van der Waals surface area contributed by atoms with Crippen molar-refractivity contribution >= 4 is 39.5 Å². The molecule has 104 heavy (non-hydrogen) atoms. The number of esters is 4. The molecule has 0 fully saturated rings. The second-order valence-electron chi connectivity index (χ2n) is 31.1. The Labute approximate surface area is 638 Å². The molecule has 0 spiro atoms. The second-order valence-corrected chi connectivity index (χ2v) is 34.0. The minimum absolute atomic E-state index is 0.109. The lowest BCUT2D eigenvalue weighted by Crippen LogP contribution is -2.30. The van der Waals surface area contributed by atoms with Crippen LogP contribution in [-0.4, -0.2) is 96.7 Å². The third-order valence-corrected chi connectivity index (χ3v) is 21.9. The first-order valence-corrected chi connectivity index (χ1v) is 47.1. The van der Waals surface area contributed by atoms with Gasteiger partial charge in [-0.1, -0.05) is 407 Å². The van der Waals surface area contributed by atoms with Gasteiger partial charge in [0.15, 0.2) is 12.2 Å². The van der Waals surface area contributed by atoms with Gasteiger partial charge in [-0.2, -0.15) is 0 Å². The average molecular weight is 1520 g/mol. The molecule has 17 nitrogen and oxygen atoms in total. The summed E-state index contributed by atoms with van der Waals surface area (Å²) in [7, 11) is -9.92. The van der Waals surface area contributed by atoms with Crippen molar-refractivity contribution in [3.8, 4) is 0 Å².